The third kappa shape index (κ3) is 13.2. The van der Waals surface area contributed by atoms with Gasteiger partial charge in [-0.1, -0.05) is 27.2 Å². The van der Waals surface area contributed by atoms with Crippen molar-refractivity contribution in [3.63, 3.8) is 0 Å². The average molecular weight is 456 g/mol. The predicted molar refractivity (Wildman–Crippen MR) is 107 cm³/mol. The van der Waals surface area contributed by atoms with Gasteiger partial charge in [0.15, 0.2) is 0 Å². The number of carbonyl (C=O) groups is 4. The Morgan fingerprint density at radius 2 is 1.71 bits per heavy atom. The van der Waals surface area contributed by atoms with Crippen molar-refractivity contribution in [2.75, 3.05) is 19.7 Å². The van der Waals surface area contributed by atoms with Crippen LogP contribution >= 0.6 is 0 Å². The number of amides is 4. The van der Waals surface area contributed by atoms with E-state index in [1.807, 2.05) is 13.8 Å². The van der Waals surface area contributed by atoms with Gasteiger partial charge in [-0.2, -0.15) is 0 Å². The minimum atomic E-state index is -1.15. The molecule has 0 spiro atoms. The van der Waals surface area contributed by atoms with Gasteiger partial charge in [-0.3, -0.25) is 9.59 Å². The van der Waals surface area contributed by atoms with E-state index in [-0.39, 0.29) is 42.1 Å². The Labute approximate surface area is 204 Å². The van der Waals surface area contributed by atoms with Crippen molar-refractivity contribution < 1.29 is 69.2 Å². The molecule has 13 heteroatoms. The second-order valence-corrected chi connectivity index (χ2v) is 6.34. The second kappa shape index (κ2) is 18.8. The first-order valence-electron chi connectivity index (χ1n) is 9.69. The van der Waals surface area contributed by atoms with Crippen LogP contribution in [0.15, 0.2) is 4.99 Å². The number of hydrogen-bond acceptors (Lipinski definition) is 6. The fraction of sp³-hybridized carbons (Fsp3) is 0.722. The zero-order chi connectivity index (χ0) is 23.7. The van der Waals surface area contributed by atoms with Gasteiger partial charge in [-0.05, 0) is 32.1 Å². The molecule has 2 atom stereocenters. The molecule has 0 aliphatic carbocycles. The van der Waals surface area contributed by atoms with Crippen LogP contribution in [0.5, 0.6) is 0 Å². The number of nitrogens with one attached hydrogen (secondary N) is 3. The van der Waals surface area contributed by atoms with Gasteiger partial charge in [-0.15, -0.1) is 0 Å². The van der Waals surface area contributed by atoms with E-state index in [1.54, 1.807) is 13.8 Å². The van der Waals surface area contributed by atoms with Crippen molar-refractivity contribution in [2.24, 2.45) is 16.3 Å². The number of carboxylic acid groups (broad SMARTS) is 2. The van der Waals surface area contributed by atoms with Crippen LogP contribution in [0, 0.1) is 11.3 Å². The van der Waals surface area contributed by atoms with Crippen molar-refractivity contribution in [2.45, 2.75) is 53.4 Å². The van der Waals surface area contributed by atoms with Gasteiger partial charge in [0, 0.05) is 19.7 Å². The summed E-state index contributed by atoms with van der Waals surface area (Å²) in [6.45, 7) is 8.19. The molecular weight excluding hydrogens is 423 g/mol. The molecule has 0 saturated heterocycles. The number of aliphatic hydroxyl groups excluding tert-OH is 1. The van der Waals surface area contributed by atoms with Gasteiger partial charge in [0.2, 0.25) is 5.91 Å². The van der Waals surface area contributed by atoms with Crippen molar-refractivity contribution in [3.8, 4) is 0 Å². The molecule has 2 unspecified atom stereocenters. The molecular formula is C18H33N4NaO8. The van der Waals surface area contributed by atoms with E-state index in [4.69, 9.17) is 15.3 Å². The summed E-state index contributed by atoms with van der Waals surface area (Å²) >= 11 is 0. The van der Waals surface area contributed by atoms with Crippen LogP contribution in [-0.2, 0) is 9.59 Å². The smallest absolute Gasteiger partial charge is 0.846 e. The predicted octanol–water partition coefficient (Wildman–Crippen LogP) is -2.89. The first kappa shape index (κ1) is 33.7. The summed E-state index contributed by atoms with van der Waals surface area (Å²) in [7, 11) is 0. The summed E-state index contributed by atoms with van der Waals surface area (Å²) in [5, 5.41) is 41.2. The standard InChI is InChI=1S/C11H18N2O3.C4H9NO3.C3H7NO2.Na/c1-4-6-7(3)11(5-2)8(14)12-10(16)13-9(11)15;6-3-1-2-5-4(7)8;1-2-4-3(5)6;/h7H,4-6H2,1-3H3,(H2,12,13,14,15,16);5-6H,1-3H2,(H,7,8);4H,2H2,1H3,(H,5,6);/q;;;+1/p-1. The van der Waals surface area contributed by atoms with E-state index in [2.05, 4.69) is 20.9 Å². The molecule has 31 heavy (non-hydrogen) atoms. The van der Waals surface area contributed by atoms with E-state index in [0.717, 1.165) is 12.8 Å². The molecule has 0 aromatic carbocycles. The monoisotopic (exact) mass is 456 g/mol. The maximum absolute atomic E-state index is 11.9. The van der Waals surface area contributed by atoms with Gasteiger partial charge in [0.25, 0.3) is 5.91 Å². The zero-order valence-corrected chi connectivity index (χ0v) is 20.9. The third-order valence-corrected chi connectivity index (χ3v) is 4.27. The molecule has 1 rings (SSSR count). The Morgan fingerprint density at radius 3 is 2.03 bits per heavy atom. The Kier molecular flexibility index (Phi) is 20.5. The first-order chi connectivity index (χ1) is 14.0. The third-order valence-electron chi connectivity index (χ3n) is 4.27. The normalized spacial score (nSPS) is 17.8. The Balaban J connectivity index is -0.000000440. The Morgan fingerprint density at radius 1 is 1.16 bits per heavy atom. The van der Waals surface area contributed by atoms with Crippen LogP contribution in [-0.4, -0.2) is 65.0 Å². The molecule has 174 valence electrons. The number of aliphatic hydroxyl groups is 1. The quantitative estimate of drug-likeness (QED) is 0.127. The van der Waals surface area contributed by atoms with E-state index >= 15 is 0 Å². The number of nitrogens with zero attached hydrogens (tertiary/aromatic N) is 1. The van der Waals surface area contributed by atoms with Crippen molar-refractivity contribution >= 4 is 30.0 Å². The average Bonchev–Trinajstić information content (AvgIpc) is 2.63. The molecule has 0 fully saturated rings. The summed E-state index contributed by atoms with van der Waals surface area (Å²) in [5.41, 5.74) is -1.15. The van der Waals surface area contributed by atoms with E-state index in [1.165, 1.54) is 0 Å². The van der Waals surface area contributed by atoms with Crippen LogP contribution in [0.2, 0.25) is 0 Å². The fourth-order valence-electron chi connectivity index (χ4n) is 2.73. The first-order valence-corrected chi connectivity index (χ1v) is 9.69. The summed E-state index contributed by atoms with van der Waals surface area (Å²) < 4.78 is 0. The van der Waals surface area contributed by atoms with Gasteiger partial charge in [-0.25, -0.2) is 14.6 Å². The molecule has 0 radical (unpaired) electrons. The van der Waals surface area contributed by atoms with Gasteiger partial charge >= 0.3 is 41.7 Å². The fourth-order valence-corrected chi connectivity index (χ4v) is 2.73. The van der Waals surface area contributed by atoms with Crippen LogP contribution in [0.3, 0.4) is 0 Å². The second-order valence-electron chi connectivity index (χ2n) is 6.34. The summed E-state index contributed by atoms with van der Waals surface area (Å²) in [6, 6.07) is -0.845. The van der Waals surface area contributed by atoms with Gasteiger partial charge < -0.3 is 36.4 Å². The summed E-state index contributed by atoms with van der Waals surface area (Å²) in [5.74, 6) is -1.20. The molecule has 12 nitrogen and oxygen atoms in total. The van der Waals surface area contributed by atoms with Crippen molar-refractivity contribution in [1.82, 2.24) is 16.0 Å². The molecule has 0 aromatic rings. The molecule has 1 heterocycles. The molecule has 0 bridgehead atoms. The number of hydrogen-bond donors (Lipinski definition) is 6. The van der Waals surface area contributed by atoms with E-state index in [9.17, 15) is 24.3 Å². The molecule has 0 aromatic heterocycles. The topological polar surface area (TPSA) is 200 Å². The molecule has 0 saturated carbocycles. The minimum absolute atomic E-state index is 0. The molecule has 1 aliphatic rings. The van der Waals surface area contributed by atoms with Gasteiger partial charge in [0.1, 0.15) is 5.41 Å². The summed E-state index contributed by atoms with van der Waals surface area (Å²) in [6.07, 6.45) is 0.492. The van der Waals surface area contributed by atoms with Crippen molar-refractivity contribution in [3.05, 3.63) is 0 Å². The Bertz CT molecular complexity index is 603. The molecule has 4 amide bonds. The molecule has 6 N–H and O–H groups in total. The number of amidine groups is 1. The largest absolute Gasteiger partial charge is 1.00 e. The van der Waals surface area contributed by atoms with Crippen LogP contribution < -0.4 is 50.6 Å². The van der Waals surface area contributed by atoms with Crippen molar-refractivity contribution in [1.29, 1.82) is 0 Å². The van der Waals surface area contributed by atoms with E-state index in [0.29, 0.717) is 25.9 Å². The zero-order valence-electron chi connectivity index (χ0n) is 18.9. The SMILES string of the molecule is CCCC(C)C1(CC)C(=O)N=C([O-])NC1=O.CCNC(=O)O.O=C(O)NCCCO.[Na+]. The number of carbonyl (C=O) groups excluding carboxylic acids is 2. The Hall–Kier alpha value is -1.89. The minimum Gasteiger partial charge on any atom is -0.846 e. The van der Waals surface area contributed by atoms with Gasteiger partial charge in [0.05, 0.1) is 6.02 Å². The van der Waals surface area contributed by atoms with Crippen LogP contribution in [0.4, 0.5) is 9.59 Å². The van der Waals surface area contributed by atoms with Crippen LogP contribution in [0.25, 0.3) is 0 Å². The molecule has 1 aliphatic heterocycles. The summed E-state index contributed by atoms with van der Waals surface area (Å²) in [4.78, 5) is 46.2. The maximum Gasteiger partial charge on any atom is 1.00 e. The van der Waals surface area contributed by atoms with E-state index < -0.39 is 35.4 Å². The maximum atomic E-state index is 11.9. The van der Waals surface area contributed by atoms with Crippen LogP contribution in [0.1, 0.15) is 53.4 Å². The number of aliphatic imine (C=N–C) groups is 1. The number of rotatable bonds is 8.